The number of nitrogens with zero attached hydrogens (tertiary/aromatic N) is 2. The third kappa shape index (κ3) is 8.08. The van der Waals surface area contributed by atoms with E-state index in [9.17, 15) is 0 Å². The van der Waals surface area contributed by atoms with Gasteiger partial charge in [-0.1, -0.05) is 280 Å². The molecule has 4 aliphatic carbocycles. The first kappa shape index (κ1) is 54.9. The molecule has 89 heavy (non-hydrogen) atoms. The van der Waals surface area contributed by atoms with E-state index in [0.29, 0.717) is 5.02 Å². The third-order valence-electron chi connectivity index (χ3n) is 19.9. The Bertz CT molecular complexity index is 4740. The summed E-state index contributed by atoms with van der Waals surface area (Å²) in [5.74, 6) is 0. The highest BCUT2D eigenvalue weighted by Gasteiger charge is 2.55. The van der Waals surface area contributed by atoms with Gasteiger partial charge in [0.05, 0.1) is 22.2 Å². The molecular formula is C86H71ClN2. The van der Waals surface area contributed by atoms with Gasteiger partial charge in [0.1, 0.15) is 0 Å². The minimum Gasteiger partial charge on any atom is -0.310 e. The molecule has 0 unspecified atom stereocenters. The monoisotopic (exact) mass is 1170 g/mol. The molecule has 3 heteroatoms. The van der Waals surface area contributed by atoms with Gasteiger partial charge in [-0.2, -0.15) is 0 Å². The van der Waals surface area contributed by atoms with Gasteiger partial charge in [-0.25, -0.2) is 0 Å². The molecule has 0 amide bonds. The van der Waals surface area contributed by atoms with Gasteiger partial charge in [-0.3, -0.25) is 0 Å². The minimum atomic E-state index is -0.642. The summed E-state index contributed by atoms with van der Waals surface area (Å²) in [6.45, 7) is 21.1. The second-order valence-corrected chi connectivity index (χ2v) is 28.6. The zero-order valence-corrected chi connectivity index (χ0v) is 52.9. The second kappa shape index (κ2) is 19.8. The van der Waals surface area contributed by atoms with Crippen molar-refractivity contribution >= 4 is 45.7 Å². The maximum Gasteiger partial charge on any atom is 0.0746 e. The molecule has 0 fully saturated rings. The first-order valence-electron chi connectivity index (χ1n) is 31.6. The van der Waals surface area contributed by atoms with Gasteiger partial charge in [-0.15, -0.1) is 0 Å². The van der Waals surface area contributed by atoms with Crippen LogP contribution in [-0.4, -0.2) is 0 Å². The fraction of sp³-hybridized carbons (Fsp3) is 0.163. The second-order valence-electron chi connectivity index (χ2n) is 28.2. The fourth-order valence-electron chi connectivity index (χ4n) is 15.9. The molecule has 0 saturated carbocycles. The number of hydrogen-bond donors (Lipinski definition) is 0. The van der Waals surface area contributed by atoms with Crippen LogP contribution in [0.5, 0.6) is 0 Å². The van der Waals surface area contributed by atoms with Crippen molar-refractivity contribution in [3.63, 3.8) is 0 Å². The maximum atomic E-state index is 7.34. The number of anilines is 6. The summed E-state index contributed by atoms with van der Waals surface area (Å²) in [7, 11) is 0. The highest BCUT2D eigenvalue weighted by atomic mass is 35.5. The predicted molar refractivity (Wildman–Crippen MR) is 375 cm³/mol. The van der Waals surface area contributed by atoms with E-state index in [1.165, 1.54) is 111 Å². The number of rotatable bonds is 7. The molecule has 0 bridgehead atoms. The van der Waals surface area contributed by atoms with Gasteiger partial charge in [0.2, 0.25) is 0 Å². The van der Waals surface area contributed by atoms with E-state index in [1.807, 2.05) is 6.07 Å². The molecule has 0 saturated heterocycles. The van der Waals surface area contributed by atoms with Crippen LogP contribution in [0.1, 0.15) is 124 Å². The molecule has 0 N–H and O–H groups in total. The number of fused-ring (bicyclic) bond motifs is 20. The molecule has 16 rings (SSSR count). The summed E-state index contributed by atoms with van der Waals surface area (Å²) in [6.07, 6.45) is 0. The van der Waals surface area contributed by atoms with E-state index in [2.05, 4.69) is 333 Å². The topological polar surface area (TPSA) is 6.48 Å². The zero-order valence-electron chi connectivity index (χ0n) is 52.2. The maximum absolute atomic E-state index is 7.34. The van der Waals surface area contributed by atoms with E-state index >= 15 is 0 Å². The minimum absolute atomic E-state index is 0.133. The zero-order chi connectivity index (χ0) is 60.9. The molecule has 4 aliphatic rings. The van der Waals surface area contributed by atoms with Crippen LogP contribution < -0.4 is 9.80 Å². The van der Waals surface area contributed by atoms with E-state index in [-0.39, 0.29) is 16.2 Å². The van der Waals surface area contributed by atoms with Crippen molar-refractivity contribution in [2.75, 3.05) is 9.80 Å². The summed E-state index contributed by atoms with van der Waals surface area (Å²) >= 11 is 7.34. The average Bonchev–Trinajstić information content (AvgIpc) is 1.52. The van der Waals surface area contributed by atoms with Crippen LogP contribution in [0.2, 0.25) is 5.02 Å². The molecule has 12 aromatic rings. The van der Waals surface area contributed by atoms with Crippen molar-refractivity contribution in [1.29, 1.82) is 0 Å². The lowest BCUT2D eigenvalue weighted by Gasteiger charge is -2.38. The lowest BCUT2D eigenvalue weighted by Crippen LogP contribution is -2.28. The van der Waals surface area contributed by atoms with Crippen molar-refractivity contribution in [2.24, 2.45) is 0 Å². The highest BCUT2D eigenvalue weighted by Crippen LogP contribution is 2.68. The Kier molecular flexibility index (Phi) is 12.2. The Labute approximate surface area is 530 Å². The Balaban J connectivity index is 1.05. The smallest absolute Gasteiger partial charge is 0.0746 e. The van der Waals surface area contributed by atoms with E-state index < -0.39 is 10.8 Å². The molecule has 2 spiro atoms. The molecule has 0 radical (unpaired) electrons. The molecule has 0 aliphatic heterocycles. The summed E-state index contributed by atoms with van der Waals surface area (Å²) in [5.41, 5.74) is 31.2. The summed E-state index contributed by atoms with van der Waals surface area (Å²) < 4.78 is 0. The van der Waals surface area contributed by atoms with E-state index in [1.54, 1.807) is 0 Å². The highest BCUT2D eigenvalue weighted by molar-refractivity contribution is 6.31. The standard InChI is InChI=1S/C86H71ClN2/c1-82(2,3)56-26-22-28-60(51-56)88(78-44-24-36-70-68-34-14-20-42-76(68)85(80(70)78)72-38-16-10-30-64(72)65-31-11-17-39-73(65)85)62-48-55(54-46-57(83(4,5)6)50-58(47-54)84(7,8)9)49-63(53-62)89(61-29-23-27-59(87)52-61)79-45-25-37-71-69-35-15-21-43-77(69)86(81(71)79)74-40-18-12-32-66(74)67-33-13-19-41-75(67)86/h10-53H,1-9H3. The quantitative estimate of drug-likeness (QED) is 0.157. The van der Waals surface area contributed by atoms with Crippen LogP contribution in [0.25, 0.3) is 55.6 Å². The number of benzene rings is 12. The van der Waals surface area contributed by atoms with Crippen LogP contribution in [-0.2, 0) is 27.1 Å². The number of halogens is 1. The van der Waals surface area contributed by atoms with Crippen molar-refractivity contribution in [3.8, 4) is 55.6 Å². The van der Waals surface area contributed by atoms with Crippen LogP contribution in [0.4, 0.5) is 34.1 Å². The Morgan fingerprint density at radius 3 is 0.944 bits per heavy atom. The van der Waals surface area contributed by atoms with E-state index in [0.717, 1.165) is 39.7 Å². The Hall–Kier alpha value is -9.47. The summed E-state index contributed by atoms with van der Waals surface area (Å²) in [5, 5.41) is 0.668. The summed E-state index contributed by atoms with van der Waals surface area (Å²) in [6, 6.07) is 102. The van der Waals surface area contributed by atoms with Crippen molar-refractivity contribution < 1.29 is 0 Å². The first-order chi connectivity index (χ1) is 42.9. The fourth-order valence-corrected chi connectivity index (χ4v) is 16.1. The van der Waals surface area contributed by atoms with E-state index in [4.69, 9.17) is 11.6 Å². The van der Waals surface area contributed by atoms with Crippen LogP contribution >= 0.6 is 11.6 Å². The Morgan fingerprint density at radius 2 is 0.573 bits per heavy atom. The third-order valence-corrected chi connectivity index (χ3v) is 20.2. The molecular weight excluding hydrogens is 1100 g/mol. The molecule has 432 valence electrons. The van der Waals surface area contributed by atoms with Crippen molar-refractivity contribution in [1.82, 2.24) is 0 Å². The Morgan fingerprint density at radius 1 is 0.258 bits per heavy atom. The molecule has 0 atom stereocenters. The normalized spacial score (nSPS) is 14.1. The van der Waals surface area contributed by atoms with Crippen molar-refractivity contribution in [3.05, 3.63) is 333 Å². The molecule has 12 aromatic carbocycles. The number of hydrogen-bond acceptors (Lipinski definition) is 2. The molecule has 2 nitrogen and oxygen atoms in total. The van der Waals surface area contributed by atoms with Gasteiger partial charge in [0.25, 0.3) is 0 Å². The van der Waals surface area contributed by atoms with Crippen LogP contribution in [0.3, 0.4) is 0 Å². The predicted octanol–water partition coefficient (Wildman–Crippen LogP) is 23.5. The van der Waals surface area contributed by atoms with Gasteiger partial charge in [0, 0.05) is 38.9 Å². The largest absolute Gasteiger partial charge is 0.310 e. The van der Waals surface area contributed by atoms with Crippen molar-refractivity contribution in [2.45, 2.75) is 89.4 Å². The van der Waals surface area contributed by atoms with Crippen LogP contribution in [0, 0.1) is 0 Å². The van der Waals surface area contributed by atoms with Gasteiger partial charge in [-0.05, 0) is 183 Å². The van der Waals surface area contributed by atoms with Crippen LogP contribution in [0.15, 0.2) is 267 Å². The van der Waals surface area contributed by atoms with Gasteiger partial charge in [0.15, 0.2) is 0 Å². The lowest BCUT2D eigenvalue weighted by molar-refractivity contribution is 0.569. The molecule has 0 aromatic heterocycles. The SMILES string of the molecule is CC(C)(C)c1cccc(N(c2cc(-c3cc(C(C)(C)C)cc(C(C)(C)C)c3)cc(N(c3cccc(Cl)c3)c3cccc4c3C3(c5ccccc5-c5ccccc53)c3ccccc3-4)c2)c2cccc3c2C2(c4ccccc4-c4ccccc42)c2ccccc2-3)c1. The molecule has 0 heterocycles. The lowest BCUT2D eigenvalue weighted by atomic mass is 9.70. The van der Waals surface area contributed by atoms with Gasteiger partial charge < -0.3 is 9.80 Å². The average molecular weight is 1170 g/mol. The first-order valence-corrected chi connectivity index (χ1v) is 32.0. The van der Waals surface area contributed by atoms with Gasteiger partial charge >= 0.3 is 0 Å². The summed E-state index contributed by atoms with van der Waals surface area (Å²) in [4.78, 5) is 5.15.